The molecule has 118 valence electrons. The van der Waals surface area contributed by atoms with Crippen LogP contribution in [0.4, 0.5) is 4.79 Å². The first-order valence-electron chi connectivity index (χ1n) is 7.30. The second-order valence-corrected chi connectivity index (χ2v) is 5.45. The lowest BCUT2D eigenvalue weighted by atomic mass is 10.2. The van der Waals surface area contributed by atoms with Crippen LogP contribution in [0.25, 0.3) is 11.0 Å². The van der Waals surface area contributed by atoms with E-state index in [0.29, 0.717) is 18.0 Å². The van der Waals surface area contributed by atoms with Crippen LogP contribution < -0.4 is 5.32 Å². The topological polar surface area (TPSA) is 67.0 Å². The molecule has 0 aliphatic rings. The highest BCUT2D eigenvalue weighted by molar-refractivity contribution is 6.31. The third-order valence-electron chi connectivity index (χ3n) is 3.39. The molecule has 3 aromatic rings. The molecule has 2 aromatic carbocycles. The van der Waals surface area contributed by atoms with E-state index >= 15 is 0 Å². The fourth-order valence-electron chi connectivity index (χ4n) is 2.22. The van der Waals surface area contributed by atoms with E-state index in [4.69, 9.17) is 16.3 Å². The molecule has 1 heterocycles. The lowest BCUT2D eigenvalue weighted by Gasteiger charge is -2.07. The predicted molar refractivity (Wildman–Crippen MR) is 89.4 cm³/mol. The van der Waals surface area contributed by atoms with Gasteiger partial charge in [-0.05, 0) is 18.2 Å². The highest BCUT2D eigenvalue weighted by atomic mass is 35.5. The van der Waals surface area contributed by atoms with Gasteiger partial charge in [-0.25, -0.2) is 9.78 Å². The van der Waals surface area contributed by atoms with Gasteiger partial charge >= 0.3 is 6.09 Å². The van der Waals surface area contributed by atoms with E-state index in [1.807, 2.05) is 42.5 Å². The number of hydrogen-bond acceptors (Lipinski definition) is 3. The number of carbonyl (C=O) groups excluding carboxylic acids is 1. The number of para-hydroxylation sites is 2. The van der Waals surface area contributed by atoms with Gasteiger partial charge in [0.15, 0.2) is 0 Å². The summed E-state index contributed by atoms with van der Waals surface area (Å²) in [6.07, 6.45) is 0.136. The summed E-state index contributed by atoms with van der Waals surface area (Å²) in [5, 5.41) is 3.29. The Bertz CT molecular complexity index is 783. The molecule has 0 fully saturated rings. The Labute approximate surface area is 138 Å². The third-order valence-corrected chi connectivity index (χ3v) is 3.75. The smallest absolute Gasteiger partial charge is 0.407 e. The van der Waals surface area contributed by atoms with Gasteiger partial charge in [0.25, 0.3) is 0 Å². The number of benzene rings is 2. The van der Waals surface area contributed by atoms with Crippen LogP contribution in [0.3, 0.4) is 0 Å². The van der Waals surface area contributed by atoms with E-state index in [1.165, 1.54) is 0 Å². The van der Waals surface area contributed by atoms with Crippen molar-refractivity contribution < 1.29 is 9.53 Å². The molecule has 0 radical (unpaired) electrons. The van der Waals surface area contributed by atoms with Crippen molar-refractivity contribution in [3.63, 3.8) is 0 Å². The van der Waals surface area contributed by atoms with E-state index in [0.717, 1.165) is 22.4 Å². The first kappa shape index (κ1) is 15.4. The van der Waals surface area contributed by atoms with Gasteiger partial charge in [-0.2, -0.15) is 0 Å². The number of hydrogen-bond donors (Lipinski definition) is 2. The van der Waals surface area contributed by atoms with Crippen LogP contribution in [-0.4, -0.2) is 22.6 Å². The van der Waals surface area contributed by atoms with Gasteiger partial charge in [-0.1, -0.05) is 41.9 Å². The minimum atomic E-state index is -0.471. The van der Waals surface area contributed by atoms with Crippen molar-refractivity contribution in [2.45, 2.75) is 13.0 Å². The number of aromatic nitrogens is 2. The average Bonchev–Trinajstić information content (AvgIpc) is 2.97. The van der Waals surface area contributed by atoms with Crippen molar-refractivity contribution in [3.05, 3.63) is 64.9 Å². The SMILES string of the molecule is O=C(NCCc1nc2ccccc2[nH]1)OCc1ccccc1Cl. The maximum Gasteiger partial charge on any atom is 0.407 e. The van der Waals surface area contributed by atoms with Gasteiger partial charge in [0.2, 0.25) is 0 Å². The van der Waals surface area contributed by atoms with Crippen molar-refractivity contribution in [2.75, 3.05) is 6.54 Å². The van der Waals surface area contributed by atoms with Crippen LogP contribution >= 0.6 is 11.6 Å². The number of H-pyrrole nitrogens is 1. The number of ether oxygens (including phenoxy) is 1. The molecular formula is C17H16ClN3O2. The summed E-state index contributed by atoms with van der Waals surface area (Å²) in [6.45, 7) is 0.595. The predicted octanol–water partition coefficient (Wildman–Crippen LogP) is 3.69. The number of nitrogens with one attached hydrogen (secondary N) is 2. The highest BCUT2D eigenvalue weighted by Gasteiger charge is 2.06. The largest absolute Gasteiger partial charge is 0.445 e. The molecule has 5 nitrogen and oxygen atoms in total. The summed E-state index contributed by atoms with van der Waals surface area (Å²) < 4.78 is 5.14. The molecule has 0 spiro atoms. The number of rotatable bonds is 5. The minimum Gasteiger partial charge on any atom is -0.445 e. The van der Waals surface area contributed by atoms with E-state index in [-0.39, 0.29) is 6.61 Å². The van der Waals surface area contributed by atoms with Crippen LogP contribution in [-0.2, 0) is 17.8 Å². The molecule has 0 aliphatic carbocycles. The van der Waals surface area contributed by atoms with Crippen LogP contribution in [0.2, 0.25) is 5.02 Å². The molecule has 0 bridgehead atoms. The second-order valence-electron chi connectivity index (χ2n) is 5.04. The molecular weight excluding hydrogens is 314 g/mol. The van der Waals surface area contributed by atoms with Crippen LogP contribution in [0.15, 0.2) is 48.5 Å². The normalized spacial score (nSPS) is 10.7. The van der Waals surface area contributed by atoms with Crippen molar-refractivity contribution in [1.82, 2.24) is 15.3 Å². The third kappa shape index (κ3) is 4.02. The van der Waals surface area contributed by atoms with Crippen LogP contribution in [0, 0.1) is 0 Å². The zero-order chi connectivity index (χ0) is 16.1. The lowest BCUT2D eigenvalue weighted by Crippen LogP contribution is -2.26. The minimum absolute atomic E-state index is 0.149. The van der Waals surface area contributed by atoms with Crippen molar-refractivity contribution in [3.8, 4) is 0 Å². The van der Waals surface area contributed by atoms with Crippen molar-refractivity contribution in [1.29, 1.82) is 0 Å². The van der Waals surface area contributed by atoms with Crippen molar-refractivity contribution >= 4 is 28.7 Å². The van der Waals surface area contributed by atoms with Crippen molar-refractivity contribution in [2.24, 2.45) is 0 Å². The van der Waals surface area contributed by atoms with Crippen LogP contribution in [0.1, 0.15) is 11.4 Å². The number of imidazole rings is 1. The number of fused-ring (bicyclic) bond motifs is 1. The maximum atomic E-state index is 11.7. The Morgan fingerprint density at radius 2 is 1.96 bits per heavy atom. The Hall–Kier alpha value is -2.53. The number of alkyl carbamates (subject to hydrolysis) is 1. The fraction of sp³-hybridized carbons (Fsp3) is 0.176. The maximum absolute atomic E-state index is 11.7. The molecule has 0 saturated heterocycles. The molecule has 6 heteroatoms. The van der Waals surface area contributed by atoms with E-state index < -0.39 is 6.09 Å². The van der Waals surface area contributed by atoms with Gasteiger partial charge in [0, 0.05) is 23.6 Å². The average molecular weight is 330 g/mol. The quantitative estimate of drug-likeness (QED) is 0.750. The standard InChI is InChI=1S/C17H16ClN3O2/c18-13-6-2-1-5-12(13)11-23-17(22)19-10-9-16-20-14-7-3-4-8-15(14)21-16/h1-8H,9-11H2,(H,19,22)(H,20,21). The number of halogens is 1. The summed E-state index contributed by atoms with van der Waals surface area (Å²) in [7, 11) is 0. The Balaban J connectivity index is 1.45. The molecule has 1 amide bonds. The number of aromatic amines is 1. The zero-order valence-corrected chi connectivity index (χ0v) is 13.1. The number of carbonyl (C=O) groups is 1. The van der Waals surface area contributed by atoms with Gasteiger partial charge in [-0.15, -0.1) is 0 Å². The summed E-state index contributed by atoms with van der Waals surface area (Å²) in [4.78, 5) is 19.3. The number of nitrogens with zero attached hydrogens (tertiary/aromatic N) is 1. The molecule has 2 N–H and O–H groups in total. The molecule has 23 heavy (non-hydrogen) atoms. The van der Waals surface area contributed by atoms with E-state index in [9.17, 15) is 4.79 Å². The number of amides is 1. The summed E-state index contributed by atoms with van der Waals surface area (Å²) in [5.41, 5.74) is 2.69. The van der Waals surface area contributed by atoms with E-state index in [2.05, 4.69) is 15.3 Å². The lowest BCUT2D eigenvalue weighted by molar-refractivity contribution is 0.140. The molecule has 0 aliphatic heterocycles. The van der Waals surface area contributed by atoms with Gasteiger partial charge < -0.3 is 15.0 Å². The van der Waals surface area contributed by atoms with Gasteiger partial charge in [0.05, 0.1) is 11.0 Å². The summed E-state index contributed by atoms with van der Waals surface area (Å²) >= 11 is 6.01. The Kier molecular flexibility index (Phi) is 4.78. The zero-order valence-electron chi connectivity index (χ0n) is 12.4. The fourth-order valence-corrected chi connectivity index (χ4v) is 2.41. The molecule has 1 aromatic heterocycles. The molecule has 0 atom stereocenters. The Morgan fingerprint density at radius 3 is 2.78 bits per heavy atom. The summed E-state index contributed by atoms with van der Waals surface area (Å²) in [5.74, 6) is 0.831. The Morgan fingerprint density at radius 1 is 1.17 bits per heavy atom. The molecule has 0 unspecified atom stereocenters. The van der Waals surface area contributed by atoms with Crippen LogP contribution in [0.5, 0.6) is 0 Å². The van der Waals surface area contributed by atoms with E-state index in [1.54, 1.807) is 6.07 Å². The second kappa shape index (κ2) is 7.15. The molecule has 0 saturated carbocycles. The van der Waals surface area contributed by atoms with Gasteiger partial charge in [0.1, 0.15) is 12.4 Å². The monoisotopic (exact) mass is 329 g/mol. The highest BCUT2D eigenvalue weighted by Crippen LogP contribution is 2.15. The van der Waals surface area contributed by atoms with Gasteiger partial charge in [-0.3, -0.25) is 0 Å². The first-order chi connectivity index (χ1) is 11.2. The first-order valence-corrected chi connectivity index (χ1v) is 7.68. The molecule has 3 rings (SSSR count). The summed E-state index contributed by atoms with van der Waals surface area (Å²) in [6, 6.07) is 15.1.